The number of hydrogen-bond donors (Lipinski definition) is 1. The van der Waals surface area contributed by atoms with Gasteiger partial charge < -0.3 is 4.90 Å². The van der Waals surface area contributed by atoms with Crippen LogP contribution in [0.15, 0.2) is 0 Å². The minimum Gasteiger partial charge on any atom is -0.332 e. The van der Waals surface area contributed by atoms with E-state index in [1.54, 1.807) is 4.90 Å². The molecule has 1 amide bonds. The van der Waals surface area contributed by atoms with Crippen molar-refractivity contribution >= 4 is 5.91 Å². The smallest absolute Gasteiger partial charge is 0.274 e. The number of amides is 1. The number of likely N-dealkylation sites (tertiary alicyclic amines) is 1. The van der Waals surface area contributed by atoms with Crippen LogP contribution >= 0.6 is 0 Å². The lowest BCUT2D eigenvalue weighted by Gasteiger charge is -2.21. The zero-order chi connectivity index (χ0) is 11.7. The first kappa shape index (κ1) is 11.1. The number of nitrogens with one attached hydrogen (secondary N) is 1. The third-order valence-corrected chi connectivity index (χ3v) is 3.27. The van der Waals surface area contributed by atoms with Crippen LogP contribution in [0.25, 0.3) is 0 Å². The molecule has 1 aromatic heterocycles. The number of rotatable bonds is 2. The van der Waals surface area contributed by atoms with Crippen molar-refractivity contribution < 1.29 is 9.18 Å². The average Bonchev–Trinajstić information content (AvgIpc) is 2.86. The third kappa shape index (κ3) is 1.70. The van der Waals surface area contributed by atoms with Crippen molar-refractivity contribution in [1.29, 1.82) is 0 Å². The summed E-state index contributed by atoms with van der Waals surface area (Å²) in [5.74, 6) is -0.151. The van der Waals surface area contributed by atoms with Gasteiger partial charge in [0.25, 0.3) is 5.91 Å². The molecule has 0 spiro atoms. The molecule has 88 valence electrons. The highest BCUT2D eigenvalue weighted by Crippen LogP contribution is 2.21. The van der Waals surface area contributed by atoms with E-state index in [-0.39, 0.29) is 11.9 Å². The molecule has 1 aliphatic rings. The second kappa shape index (κ2) is 4.23. The van der Waals surface area contributed by atoms with Crippen LogP contribution < -0.4 is 0 Å². The predicted octanol–water partition coefficient (Wildman–Crippen LogP) is 1.60. The summed E-state index contributed by atoms with van der Waals surface area (Å²) >= 11 is 0. The monoisotopic (exact) mass is 225 g/mol. The lowest BCUT2D eigenvalue weighted by Crippen LogP contribution is -2.37. The number of H-pyrrole nitrogens is 1. The van der Waals surface area contributed by atoms with E-state index >= 15 is 0 Å². The van der Waals surface area contributed by atoms with E-state index in [2.05, 4.69) is 10.2 Å². The topological polar surface area (TPSA) is 49.0 Å². The Kier molecular flexibility index (Phi) is 2.94. The van der Waals surface area contributed by atoms with Crippen molar-refractivity contribution in [2.24, 2.45) is 0 Å². The fourth-order valence-electron chi connectivity index (χ4n) is 2.09. The molecule has 2 heterocycles. The molecule has 1 N–H and O–H groups in total. The standard InChI is InChI=1S/C11H16FN3O/c1-7-8(2)13-14-10(7)11(16)15-5-3-4-9(15)6-12/h9H,3-6H2,1-2H3,(H,13,14). The number of nitrogens with zero attached hydrogens (tertiary/aromatic N) is 2. The molecule has 4 nitrogen and oxygen atoms in total. The molecular formula is C11H16FN3O. The van der Waals surface area contributed by atoms with Crippen LogP contribution in [0, 0.1) is 13.8 Å². The Bertz CT molecular complexity index is 402. The van der Waals surface area contributed by atoms with Gasteiger partial charge in [-0.1, -0.05) is 0 Å². The molecule has 0 radical (unpaired) electrons. The van der Waals surface area contributed by atoms with E-state index in [1.807, 2.05) is 13.8 Å². The first-order valence-electron chi connectivity index (χ1n) is 5.53. The fraction of sp³-hybridized carbons (Fsp3) is 0.636. The van der Waals surface area contributed by atoms with Crippen molar-refractivity contribution in [3.05, 3.63) is 17.0 Å². The Labute approximate surface area is 93.8 Å². The second-order valence-corrected chi connectivity index (χ2v) is 4.27. The number of alkyl halides is 1. The Morgan fingerprint density at radius 1 is 1.62 bits per heavy atom. The maximum Gasteiger partial charge on any atom is 0.274 e. The van der Waals surface area contributed by atoms with Gasteiger partial charge >= 0.3 is 0 Å². The van der Waals surface area contributed by atoms with Gasteiger partial charge in [-0.2, -0.15) is 5.10 Å². The van der Waals surface area contributed by atoms with Crippen molar-refractivity contribution in [3.8, 4) is 0 Å². The molecule has 1 atom stereocenters. The van der Waals surface area contributed by atoms with E-state index < -0.39 is 6.67 Å². The Balaban J connectivity index is 2.22. The highest BCUT2D eigenvalue weighted by atomic mass is 19.1. The van der Waals surface area contributed by atoms with Crippen LogP contribution in [-0.4, -0.2) is 40.3 Å². The first-order chi connectivity index (χ1) is 7.65. The van der Waals surface area contributed by atoms with Gasteiger partial charge in [0.2, 0.25) is 0 Å². The zero-order valence-electron chi connectivity index (χ0n) is 9.59. The average molecular weight is 225 g/mol. The van der Waals surface area contributed by atoms with E-state index in [0.717, 1.165) is 24.1 Å². The van der Waals surface area contributed by atoms with Gasteiger partial charge in [-0.3, -0.25) is 9.89 Å². The van der Waals surface area contributed by atoms with Gasteiger partial charge in [0.05, 0.1) is 6.04 Å². The molecule has 0 aromatic carbocycles. The summed E-state index contributed by atoms with van der Waals surface area (Å²) < 4.78 is 12.7. The molecule has 1 aliphatic heterocycles. The van der Waals surface area contributed by atoms with Crippen molar-refractivity contribution in [2.75, 3.05) is 13.2 Å². The Morgan fingerprint density at radius 2 is 2.38 bits per heavy atom. The van der Waals surface area contributed by atoms with E-state index in [1.165, 1.54) is 0 Å². The summed E-state index contributed by atoms with van der Waals surface area (Å²) in [4.78, 5) is 13.7. The third-order valence-electron chi connectivity index (χ3n) is 3.27. The molecule has 5 heteroatoms. The molecule has 0 bridgehead atoms. The largest absolute Gasteiger partial charge is 0.332 e. The van der Waals surface area contributed by atoms with Gasteiger partial charge in [-0.25, -0.2) is 4.39 Å². The summed E-state index contributed by atoms with van der Waals surface area (Å²) in [6.45, 7) is 3.90. The van der Waals surface area contributed by atoms with Crippen LogP contribution in [-0.2, 0) is 0 Å². The van der Waals surface area contributed by atoms with E-state index in [4.69, 9.17) is 0 Å². The summed E-state index contributed by atoms with van der Waals surface area (Å²) in [5, 5.41) is 6.77. The van der Waals surface area contributed by atoms with Gasteiger partial charge in [-0.05, 0) is 26.7 Å². The molecule has 16 heavy (non-hydrogen) atoms. The summed E-state index contributed by atoms with van der Waals surface area (Å²) in [6, 6.07) is -0.260. The second-order valence-electron chi connectivity index (χ2n) is 4.27. The molecule has 0 aliphatic carbocycles. The van der Waals surface area contributed by atoms with Gasteiger partial charge in [0, 0.05) is 17.8 Å². The number of hydrogen-bond acceptors (Lipinski definition) is 2. The van der Waals surface area contributed by atoms with Crippen LogP contribution in [0.1, 0.15) is 34.6 Å². The summed E-state index contributed by atoms with van der Waals surface area (Å²) in [5.41, 5.74) is 2.17. The summed E-state index contributed by atoms with van der Waals surface area (Å²) in [6.07, 6.45) is 1.63. The molecule has 1 aromatic rings. The lowest BCUT2D eigenvalue weighted by atomic mass is 10.2. The number of halogens is 1. The first-order valence-corrected chi connectivity index (χ1v) is 5.53. The number of carbonyl (C=O) groups excluding carboxylic acids is 1. The maximum absolute atomic E-state index is 12.7. The quantitative estimate of drug-likeness (QED) is 0.831. The van der Waals surface area contributed by atoms with Crippen molar-refractivity contribution in [3.63, 3.8) is 0 Å². The van der Waals surface area contributed by atoms with Crippen molar-refractivity contribution in [1.82, 2.24) is 15.1 Å². The fourth-order valence-corrected chi connectivity index (χ4v) is 2.09. The van der Waals surface area contributed by atoms with Crippen LogP contribution in [0.2, 0.25) is 0 Å². The van der Waals surface area contributed by atoms with Gasteiger partial charge in [-0.15, -0.1) is 0 Å². The molecule has 2 rings (SSSR count). The maximum atomic E-state index is 12.7. The Hall–Kier alpha value is -1.39. The number of aromatic nitrogens is 2. The highest BCUT2D eigenvalue weighted by Gasteiger charge is 2.31. The predicted molar refractivity (Wildman–Crippen MR) is 58.1 cm³/mol. The summed E-state index contributed by atoms with van der Waals surface area (Å²) in [7, 11) is 0. The Morgan fingerprint density at radius 3 is 2.94 bits per heavy atom. The van der Waals surface area contributed by atoms with Crippen LogP contribution in [0.3, 0.4) is 0 Å². The number of carbonyl (C=O) groups is 1. The number of aromatic amines is 1. The van der Waals surface area contributed by atoms with E-state index in [9.17, 15) is 9.18 Å². The SMILES string of the molecule is Cc1[nH]nc(C(=O)N2CCCC2CF)c1C. The molecular weight excluding hydrogens is 209 g/mol. The van der Waals surface area contributed by atoms with Crippen molar-refractivity contribution in [2.45, 2.75) is 32.7 Å². The van der Waals surface area contributed by atoms with E-state index in [0.29, 0.717) is 12.2 Å². The molecule has 0 saturated carbocycles. The minimum absolute atomic E-state index is 0.151. The molecule has 1 unspecified atom stereocenters. The van der Waals surface area contributed by atoms with Crippen LogP contribution in [0.4, 0.5) is 4.39 Å². The lowest BCUT2D eigenvalue weighted by molar-refractivity contribution is 0.0709. The van der Waals surface area contributed by atoms with Crippen LogP contribution in [0.5, 0.6) is 0 Å². The molecule has 1 fully saturated rings. The number of aryl methyl sites for hydroxylation is 1. The normalized spacial score (nSPS) is 20.4. The van der Waals surface area contributed by atoms with Gasteiger partial charge in [0.15, 0.2) is 5.69 Å². The minimum atomic E-state index is -0.464. The zero-order valence-corrected chi connectivity index (χ0v) is 9.59. The highest BCUT2D eigenvalue weighted by molar-refractivity contribution is 5.94. The van der Waals surface area contributed by atoms with Gasteiger partial charge in [0.1, 0.15) is 6.67 Å². The molecule has 1 saturated heterocycles.